The van der Waals surface area contributed by atoms with Crippen molar-refractivity contribution in [1.29, 1.82) is 0 Å². The number of benzene rings is 1. The lowest BCUT2D eigenvalue weighted by atomic mass is 9.98. The Kier molecular flexibility index (Phi) is 2.91. The lowest BCUT2D eigenvalue weighted by molar-refractivity contribution is 0.103. The van der Waals surface area contributed by atoms with E-state index in [2.05, 4.69) is 4.98 Å². The number of hydrogen-bond acceptors (Lipinski definition) is 3. The Hall–Kier alpha value is -2.00. The number of nitrogens with zero attached hydrogens (tertiary/aromatic N) is 1. The van der Waals surface area contributed by atoms with Crippen molar-refractivity contribution in [2.24, 2.45) is 0 Å². The van der Waals surface area contributed by atoms with Gasteiger partial charge in [-0.3, -0.25) is 9.78 Å². The van der Waals surface area contributed by atoms with Crippen molar-refractivity contribution < 1.29 is 4.79 Å². The fourth-order valence-corrected chi connectivity index (χ4v) is 2.97. The van der Waals surface area contributed by atoms with Crippen LogP contribution in [0, 0.1) is 13.8 Å². The molecule has 0 aliphatic carbocycles. The molecule has 0 aliphatic rings. The fraction of sp³-hybridized carbons (Fsp3) is 0.125. The SMILES string of the molecule is Cc1ccc(C(=O)c2cnc3ccsc3c2)c(C)c1. The minimum absolute atomic E-state index is 0.0419. The van der Waals surface area contributed by atoms with Crippen molar-refractivity contribution in [3.63, 3.8) is 0 Å². The molecule has 0 saturated heterocycles. The van der Waals surface area contributed by atoms with Gasteiger partial charge >= 0.3 is 0 Å². The number of thiophene rings is 1. The molecule has 0 saturated carbocycles. The van der Waals surface area contributed by atoms with Gasteiger partial charge in [-0.15, -0.1) is 11.3 Å². The van der Waals surface area contributed by atoms with Crippen LogP contribution in [0.1, 0.15) is 27.0 Å². The van der Waals surface area contributed by atoms with Gasteiger partial charge in [0.1, 0.15) is 0 Å². The Morgan fingerprint density at radius 1 is 1.16 bits per heavy atom. The van der Waals surface area contributed by atoms with Crippen molar-refractivity contribution in [1.82, 2.24) is 4.98 Å². The van der Waals surface area contributed by atoms with E-state index in [4.69, 9.17) is 0 Å². The van der Waals surface area contributed by atoms with Gasteiger partial charge in [0.15, 0.2) is 5.78 Å². The van der Waals surface area contributed by atoms with Gasteiger partial charge in [0.25, 0.3) is 0 Å². The van der Waals surface area contributed by atoms with E-state index in [1.54, 1.807) is 17.5 Å². The van der Waals surface area contributed by atoms with Crippen molar-refractivity contribution >= 4 is 27.3 Å². The Labute approximate surface area is 115 Å². The second-order valence-electron chi connectivity index (χ2n) is 4.68. The molecule has 0 unspecified atom stereocenters. The third-order valence-electron chi connectivity index (χ3n) is 3.19. The molecule has 0 aliphatic heterocycles. The summed E-state index contributed by atoms with van der Waals surface area (Å²) >= 11 is 1.61. The third-order valence-corrected chi connectivity index (χ3v) is 4.04. The molecule has 3 aromatic rings. The highest BCUT2D eigenvalue weighted by atomic mass is 32.1. The summed E-state index contributed by atoms with van der Waals surface area (Å²) in [4.78, 5) is 16.8. The van der Waals surface area contributed by atoms with Crippen molar-refractivity contribution in [2.75, 3.05) is 0 Å². The summed E-state index contributed by atoms with van der Waals surface area (Å²) in [6.07, 6.45) is 1.66. The van der Waals surface area contributed by atoms with Crippen LogP contribution in [0.25, 0.3) is 10.2 Å². The second-order valence-corrected chi connectivity index (χ2v) is 5.62. The van der Waals surface area contributed by atoms with Crippen LogP contribution in [0.4, 0.5) is 0 Å². The van der Waals surface area contributed by atoms with E-state index < -0.39 is 0 Å². The molecule has 2 heterocycles. The van der Waals surface area contributed by atoms with Gasteiger partial charge in [0.05, 0.1) is 10.2 Å². The summed E-state index contributed by atoms with van der Waals surface area (Å²) < 4.78 is 1.05. The largest absolute Gasteiger partial charge is 0.289 e. The first-order valence-corrected chi connectivity index (χ1v) is 6.98. The van der Waals surface area contributed by atoms with Crippen LogP contribution in [0.3, 0.4) is 0 Å². The van der Waals surface area contributed by atoms with Crippen LogP contribution in [-0.2, 0) is 0 Å². The summed E-state index contributed by atoms with van der Waals surface area (Å²) in [7, 11) is 0. The molecule has 0 fully saturated rings. The smallest absolute Gasteiger partial charge is 0.194 e. The average molecular weight is 267 g/mol. The number of carbonyl (C=O) groups excluding carboxylic acids is 1. The van der Waals surface area contributed by atoms with E-state index in [1.165, 1.54) is 5.56 Å². The summed E-state index contributed by atoms with van der Waals surface area (Å²) in [5.74, 6) is 0.0419. The minimum Gasteiger partial charge on any atom is -0.289 e. The van der Waals surface area contributed by atoms with Gasteiger partial charge < -0.3 is 0 Å². The molecular formula is C16H13NOS. The summed E-state index contributed by atoms with van der Waals surface area (Å²) in [5, 5.41) is 1.99. The van der Waals surface area contributed by atoms with Crippen LogP contribution in [0.15, 0.2) is 41.9 Å². The standard InChI is InChI=1S/C16H13NOS/c1-10-3-4-13(11(2)7-10)16(18)12-8-15-14(17-9-12)5-6-19-15/h3-9H,1-2H3. The molecule has 0 N–H and O–H groups in total. The normalized spacial score (nSPS) is 10.8. The highest BCUT2D eigenvalue weighted by molar-refractivity contribution is 7.17. The molecule has 0 bridgehead atoms. The second kappa shape index (κ2) is 4.59. The molecule has 0 radical (unpaired) electrons. The number of pyridine rings is 1. The molecule has 0 spiro atoms. The van der Waals surface area contributed by atoms with Crippen molar-refractivity contribution in [3.05, 3.63) is 64.2 Å². The number of rotatable bonds is 2. The fourth-order valence-electron chi connectivity index (χ4n) is 2.19. The third kappa shape index (κ3) is 2.17. The van der Waals surface area contributed by atoms with Crippen LogP contribution in [0.5, 0.6) is 0 Å². The number of carbonyl (C=O) groups is 1. The number of ketones is 1. The summed E-state index contributed by atoms with van der Waals surface area (Å²) in [5.41, 5.74) is 4.53. The monoisotopic (exact) mass is 267 g/mol. The van der Waals surface area contributed by atoms with Gasteiger partial charge in [0.2, 0.25) is 0 Å². The Bertz CT molecular complexity index is 773. The van der Waals surface area contributed by atoms with E-state index >= 15 is 0 Å². The zero-order valence-electron chi connectivity index (χ0n) is 10.8. The van der Waals surface area contributed by atoms with E-state index in [0.29, 0.717) is 5.56 Å². The topological polar surface area (TPSA) is 30.0 Å². The van der Waals surface area contributed by atoms with Gasteiger partial charge in [0, 0.05) is 17.3 Å². The maximum Gasteiger partial charge on any atom is 0.194 e. The lowest BCUT2D eigenvalue weighted by Crippen LogP contribution is -2.04. The molecule has 0 amide bonds. The van der Waals surface area contributed by atoms with E-state index in [9.17, 15) is 4.79 Å². The molecule has 3 rings (SSSR count). The average Bonchev–Trinajstić information content (AvgIpc) is 2.85. The number of aryl methyl sites for hydroxylation is 2. The Morgan fingerprint density at radius 2 is 2.00 bits per heavy atom. The maximum absolute atomic E-state index is 12.5. The predicted octanol–water partition coefficient (Wildman–Crippen LogP) is 4.14. The van der Waals surface area contributed by atoms with Crippen LogP contribution in [-0.4, -0.2) is 10.8 Å². The van der Waals surface area contributed by atoms with Gasteiger partial charge in [-0.1, -0.05) is 23.8 Å². The highest BCUT2D eigenvalue weighted by Gasteiger charge is 2.13. The first-order valence-electron chi connectivity index (χ1n) is 6.10. The lowest BCUT2D eigenvalue weighted by Gasteiger charge is -2.06. The molecule has 2 nitrogen and oxygen atoms in total. The molecule has 0 atom stereocenters. The first kappa shape index (κ1) is 12.1. The number of hydrogen-bond donors (Lipinski definition) is 0. The first-order chi connectivity index (χ1) is 9.15. The molecular weight excluding hydrogens is 254 g/mol. The zero-order chi connectivity index (χ0) is 13.4. The molecule has 94 valence electrons. The predicted molar refractivity (Wildman–Crippen MR) is 79.0 cm³/mol. The number of fused-ring (bicyclic) bond motifs is 1. The van der Waals surface area contributed by atoms with Crippen LogP contribution < -0.4 is 0 Å². The minimum atomic E-state index is 0.0419. The van der Waals surface area contributed by atoms with Gasteiger partial charge in [-0.2, -0.15) is 0 Å². The van der Waals surface area contributed by atoms with Gasteiger partial charge in [-0.05, 0) is 36.9 Å². The van der Waals surface area contributed by atoms with Crippen LogP contribution in [0.2, 0.25) is 0 Å². The zero-order valence-corrected chi connectivity index (χ0v) is 11.6. The maximum atomic E-state index is 12.5. The van der Waals surface area contributed by atoms with E-state index in [0.717, 1.165) is 21.3 Å². The summed E-state index contributed by atoms with van der Waals surface area (Å²) in [6.45, 7) is 4.00. The number of aromatic nitrogens is 1. The summed E-state index contributed by atoms with van der Waals surface area (Å²) in [6, 6.07) is 9.79. The molecule has 19 heavy (non-hydrogen) atoms. The van der Waals surface area contributed by atoms with Crippen molar-refractivity contribution in [3.8, 4) is 0 Å². The molecule has 2 aromatic heterocycles. The van der Waals surface area contributed by atoms with Gasteiger partial charge in [-0.25, -0.2) is 0 Å². The quantitative estimate of drug-likeness (QED) is 0.653. The van der Waals surface area contributed by atoms with E-state index in [1.807, 2.05) is 49.6 Å². The van der Waals surface area contributed by atoms with Crippen LogP contribution >= 0.6 is 11.3 Å². The van der Waals surface area contributed by atoms with E-state index in [-0.39, 0.29) is 5.78 Å². The molecule has 1 aromatic carbocycles. The molecule has 3 heteroatoms. The Balaban J connectivity index is 2.07. The van der Waals surface area contributed by atoms with Crippen molar-refractivity contribution in [2.45, 2.75) is 13.8 Å². The Morgan fingerprint density at radius 3 is 2.79 bits per heavy atom. The highest BCUT2D eigenvalue weighted by Crippen LogP contribution is 2.22.